The highest BCUT2D eigenvalue weighted by molar-refractivity contribution is 6.45. The second-order valence-electron chi connectivity index (χ2n) is 4.51. The van der Waals surface area contributed by atoms with E-state index in [9.17, 15) is 14.4 Å². The molecule has 0 spiro atoms. The first-order valence-electron chi connectivity index (χ1n) is 6.52. The highest BCUT2D eigenvalue weighted by Gasteiger charge is 2.27. The van der Waals surface area contributed by atoms with Gasteiger partial charge in [-0.3, -0.25) is 14.4 Å². The highest BCUT2D eigenvalue weighted by Crippen LogP contribution is 2.17. The highest BCUT2D eigenvalue weighted by atomic mass is 16.3. The average molecular weight is 293 g/mol. The van der Waals surface area contributed by atoms with Crippen LogP contribution in [-0.4, -0.2) is 35.5 Å². The van der Waals surface area contributed by atoms with Crippen molar-refractivity contribution < 1.29 is 19.5 Å². The number of nitrogens with two attached hydrogens (primary N) is 1. The topological polar surface area (TPSA) is 113 Å². The second-order valence-corrected chi connectivity index (χ2v) is 4.51. The number of hydrogen-bond donors (Lipinski definition) is 3. The average Bonchev–Trinajstić information content (AvgIpc) is 2.46. The minimum Gasteiger partial charge on any atom is -0.399 e. The summed E-state index contributed by atoms with van der Waals surface area (Å²) >= 11 is 0. The number of nitrogens with one attached hydrogen (secondary N) is 1. The second kappa shape index (κ2) is 7.39. The van der Waals surface area contributed by atoms with Crippen LogP contribution >= 0.6 is 0 Å². The van der Waals surface area contributed by atoms with Crippen LogP contribution in [0.4, 0.5) is 11.4 Å². The van der Waals surface area contributed by atoms with Gasteiger partial charge in [0.15, 0.2) is 0 Å². The summed E-state index contributed by atoms with van der Waals surface area (Å²) in [4.78, 5) is 36.4. The van der Waals surface area contributed by atoms with Crippen molar-refractivity contribution in [2.24, 2.45) is 0 Å². The van der Waals surface area contributed by atoms with Crippen molar-refractivity contribution in [2.75, 3.05) is 17.2 Å². The Bertz CT molecular complexity index is 524. The van der Waals surface area contributed by atoms with Gasteiger partial charge in [0.1, 0.15) is 0 Å². The zero-order valence-electron chi connectivity index (χ0n) is 12.0. The summed E-state index contributed by atoms with van der Waals surface area (Å²) in [6, 6.07) is 5.48. The normalized spacial score (nSPS) is 11.6. The molecule has 0 saturated carbocycles. The van der Waals surface area contributed by atoms with Crippen LogP contribution < -0.4 is 16.0 Å². The Labute approximate surface area is 122 Å². The summed E-state index contributed by atoms with van der Waals surface area (Å²) in [5, 5.41) is 11.4. The first-order chi connectivity index (χ1) is 9.90. The van der Waals surface area contributed by atoms with E-state index in [-0.39, 0.29) is 12.3 Å². The van der Waals surface area contributed by atoms with Gasteiger partial charge in [-0.25, -0.2) is 4.90 Å². The standard InChI is InChI=1S/C14H19N3O4/c1-3-11(8-18)16-13(20)14(21)17(9(2)19)12-6-4-10(15)5-7-12/h4-7,11,18H,3,8,15H2,1-2H3,(H,16,20). The van der Waals surface area contributed by atoms with Crippen molar-refractivity contribution >= 4 is 29.1 Å². The summed E-state index contributed by atoms with van der Waals surface area (Å²) in [7, 11) is 0. The molecule has 3 amide bonds. The Hall–Kier alpha value is -2.41. The molecule has 7 heteroatoms. The van der Waals surface area contributed by atoms with Crippen molar-refractivity contribution in [2.45, 2.75) is 26.3 Å². The van der Waals surface area contributed by atoms with E-state index in [0.29, 0.717) is 12.1 Å². The number of aliphatic hydroxyl groups is 1. The van der Waals surface area contributed by atoms with Crippen molar-refractivity contribution in [3.8, 4) is 0 Å². The smallest absolute Gasteiger partial charge is 0.323 e. The molecule has 7 nitrogen and oxygen atoms in total. The van der Waals surface area contributed by atoms with Crippen LogP contribution in [0, 0.1) is 0 Å². The number of rotatable bonds is 4. The largest absolute Gasteiger partial charge is 0.399 e. The minimum absolute atomic E-state index is 0.258. The maximum Gasteiger partial charge on any atom is 0.323 e. The van der Waals surface area contributed by atoms with E-state index in [1.165, 1.54) is 31.2 Å². The van der Waals surface area contributed by atoms with Gasteiger partial charge in [-0.2, -0.15) is 0 Å². The van der Waals surface area contributed by atoms with Crippen molar-refractivity contribution in [1.29, 1.82) is 0 Å². The Kier molecular flexibility index (Phi) is 5.86. The van der Waals surface area contributed by atoms with Gasteiger partial charge in [0.2, 0.25) is 5.91 Å². The zero-order chi connectivity index (χ0) is 16.0. The molecule has 1 aromatic rings. The Morgan fingerprint density at radius 1 is 1.29 bits per heavy atom. The number of amides is 3. The van der Waals surface area contributed by atoms with Gasteiger partial charge >= 0.3 is 11.8 Å². The van der Waals surface area contributed by atoms with E-state index in [0.717, 1.165) is 4.90 Å². The molecule has 114 valence electrons. The molecule has 1 unspecified atom stereocenters. The number of aliphatic hydroxyl groups excluding tert-OH is 1. The van der Waals surface area contributed by atoms with Gasteiger partial charge in [-0.15, -0.1) is 0 Å². The molecule has 0 aliphatic heterocycles. The molecule has 0 aliphatic carbocycles. The van der Waals surface area contributed by atoms with Crippen LogP contribution in [0.15, 0.2) is 24.3 Å². The summed E-state index contributed by atoms with van der Waals surface area (Å²) in [5.74, 6) is -2.53. The van der Waals surface area contributed by atoms with Crippen LogP contribution in [0.2, 0.25) is 0 Å². The molecule has 21 heavy (non-hydrogen) atoms. The molecule has 0 heterocycles. The lowest BCUT2D eigenvalue weighted by Crippen LogP contribution is -2.49. The SMILES string of the molecule is CCC(CO)NC(=O)C(=O)N(C(C)=O)c1ccc(N)cc1. The quantitative estimate of drug-likeness (QED) is 0.535. The fourth-order valence-electron chi connectivity index (χ4n) is 1.69. The van der Waals surface area contributed by atoms with Gasteiger partial charge in [0.25, 0.3) is 0 Å². The predicted molar refractivity (Wildman–Crippen MR) is 78.3 cm³/mol. The van der Waals surface area contributed by atoms with Crippen molar-refractivity contribution in [1.82, 2.24) is 5.32 Å². The Morgan fingerprint density at radius 2 is 1.86 bits per heavy atom. The summed E-state index contributed by atoms with van der Waals surface area (Å²) in [5.41, 5.74) is 6.28. The molecule has 1 aromatic carbocycles. The van der Waals surface area contributed by atoms with Gasteiger partial charge in [-0.05, 0) is 30.7 Å². The molecule has 0 aliphatic rings. The minimum atomic E-state index is -1.00. The number of nitrogens with zero attached hydrogens (tertiary/aromatic N) is 1. The van der Waals surface area contributed by atoms with Crippen LogP contribution in [-0.2, 0) is 14.4 Å². The Balaban J connectivity index is 2.95. The number of hydrogen-bond acceptors (Lipinski definition) is 5. The van der Waals surface area contributed by atoms with Gasteiger partial charge in [-0.1, -0.05) is 6.92 Å². The lowest BCUT2D eigenvalue weighted by molar-refractivity contribution is -0.140. The van der Waals surface area contributed by atoms with Crippen LogP contribution in [0.1, 0.15) is 20.3 Å². The first-order valence-corrected chi connectivity index (χ1v) is 6.52. The lowest BCUT2D eigenvalue weighted by atomic mass is 10.2. The van der Waals surface area contributed by atoms with Crippen LogP contribution in [0.25, 0.3) is 0 Å². The van der Waals surface area contributed by atoms with Crippen molar-refractivity contribution in [3.63, 3.8) is 0 Å². The van der Waals surface area contributed by atoms with Gasteiger partial charge in [0, 0.05) is 12.6 Å². The van der Waals surface area contributed by atoms with Gasteiger partial charge < -0.3 is 16.2 Å². The Morgan fingerprint density at radius 3 is 2.29 bits per heavy atom. The molecule has 0 saturated heterocycles. The monoisotopic (exact) mass is 293 g/mol. The van der Waals surface area contributed by atoms with E-state index in [4.69, 9.17) is 10.8 Å². The van der Waals surface area contributed by atoms with E-state index < -0.39 is 23.8 Å². The van der Waals surface area contributed by atoms with E-state index in [1.807, 2.05) is 0 Å². The number of anilines is 2. The number of benzene rings is 1. The van der Waals surface area contributed by atoms with Gasteiger partial charge in [0.05, 0.1) is 18.3 Å². The third-order valence-electron chi connectivity index (χ3n) is 2.91. The fraction of sp³-hybridized carbons (Fsp3) is 0.357. The van der Waals surface area contributed by atoms with E-state index >= 15 is 0 Å². The van der Waals surface area contributed by atoms with E-state index in [1.54, 1.807) is 6.92 Å². The lowest BCUT2D eigenvalue weighted by Gasteiger charge is -2.20. The molecule has 1 rings (SSSR count). The summed E-state index contributed by atoms with van der Waals surface area (Å²) < 4.78 is 0. The predicted octanol–water partition coefficient (Wildman–Crippen LogP) is 0.0354. The molecular weight excluding hydrogens is 274 g/mol. The summed E-state index contributed by atoms with van der Waals surface area (Å²) in [6.07, 6.45) is 0.470. The van der Waals surface area contributed by atoms with E-state index in [2.05, 4.69) is 5.32 Å². The van der Waals surface area contributed by atoms with Crippen LogP contribution in [0.3, 0.4) is 0 Å². The first kappa shape index (κ1) is 16.6. The molecular formula is C14H19N3O4. The molecule has 0 bridgehead atoms. The third-order valence-corrected chi connectivity index (χ3v) is 2.91. The molecule has 0 radical (unpaired) electrons. The molecule has 0 aromatic heterocycles. The van der Waals surface area contributed by atoms with Crippen LogP contribution in [0.5, 0.6) is 0 Å². The number of nitrogen functional groups attached to an aromatic ring is 1. The molecule has 4 N–H and O–H groups in total. The fourth-order valence-corrected chi connectivity index (χ4v) is 1.69. The maximum atomic E-state index is 12.1. The molecule has 1 atom stereocenters. The van der Waals surface area contributed by atoms with Crippen molar-refractivity contribution in [3.05, 3.63) is 24.3 Å². The number of carbonyl (C=O) groups is 3. The summed E-state index contributed by atoms with van der Waals surface area (Å²) in [6.45, 7) is 2.66. The maximum absolute atomic E-state index is 12.1. The third kappa shape index (κ3) is 4.28. The molecule has 0 fully saturated rings. The number of imide groups is 1. The number of carbonyl (C=O) groups excluding carboxylic acids is 3. The zero-order valence-corrected chi connectivity index (χ0v) is 12.0.